The first-order valence-electron chi connectivity index (χ1n) is 9.88. The monoisotopic (exact) mass is 469 g/mol. The smallest absolute Gasteiger partial charge is 0.352 e. The SMILES string of the molecule is Nc1ccn([C@@H]2O/C(=C/OC(=O)c3ccccc3)[C@@H](OC(=O)c3ccccc3)C2(F)F)c(=O)n1. The van der Waals surface area contributed by atoms with Crippen LogP contribution in [-0.4, -0.2) is 33.5 Å². The highest BCUT2D eigenvalue weighted by atomic mass is 19.3. The van der Waals surface area contributed by atoms with Crippen LogP contribution < -0.4 is 11.4 Å². The lowest BCUT2D eigenvalue weighted by molar-refractivity contribution is -0.142. The predicted molar refractivity (Wildman–Crippen MR) is 114 cm³/mol. The normalized spacial score (nSPS) is 19.9. The van der Waals surface area contributed by atoms with Crippen LogP contribution in [0.25, 0.3) is 0 Å². The molecule has 174 valence electrons. The summed E-state index contributed by atoms with van der Waals surface area (Å²) in [6, 6.07) is 16.3. The molecule has 1 aliphatic heterocycles. The van der Waals surface area contributed by atoms with Crippen LogP contribution >= 0.6 is 0 Å². The number of hydrogen-bond acceptors (Lipinski definition) is 8. The summed E-state index contributed by atoms with van der Waals surface area (Å²) in [5.41, 5.74) is 4.47. The molecular weight excluding hydrogens is 452 g/mol. The molecule has 2 heterocycles. The van der Waals surface area contributed by atoms with Gasteiger partial charge < -0.3 is 19.9 Å². The van der Waals surface area contributed by atoms with Crippen molar-refractivity contribution in [3.05, 3.63) is 107 Å². The molecule has 1 fully saturated rings. The third-order valence-electron chi connectivity index (χ3n) is 4.82. The van der Waals surface area contributed by atoms with Crippen molar-refractivity contribution in [3.63, 3.8) is 0 Å². The van der Waals surface area contributed by atoms with E-state index in [0.29, 0.717) is 10.8 Å². The molecule has 0 radical (unpaired) electrons. The third kappa shape index (κ3) is 4.49. The zero-order valence-corrected chi connectivity index (χ0v) is 17.3. The summed E-state index contributed by atoms with van der Waals surface area (Å²) in [5.74, 6) is -6.73. The number of rotatable bonds is 5. The van der Waals surface area contributed by atoms with Crippen molar-refractivity contribution >= 4 is 17.8 Å². The van der Waals surface area contributed by atoms with Gasteiger partial charge in [0.1, 0.15) is 12.1 Å². The molecule has 2 N–H and O–H groups in total. The van der Waals surface area contributed by atoms with Gasteiger partial charge >= 0.3 is 23.6 Å². The molecule has 4 rings (SSSR count). The van der Waals surface area contributed by atoms with Crippen LogP contribution in [0, 0.1) is 0 Å². The lowest BCUT2D eigenvalue weighted by atomic mass is 10.1. The Labute approximate surface area is 191 Å². The van der Waals surface area contributed by atoms with E-state index in [2.05, 4.69) is 4.98 Å². The Morgan fingerprint density at radius 1 is 1.00 bits per heavy atom. The van der Waals surface area contributed by atoms with Gasteiger partial charge in [0.05, 0.1) is 11.1 Å². The summed E-state index contributed by atoms with van der Waals surface area (Å²) < 4.78 is 46.6. The molecule has 0 saturated carbocycles. The maximum absolute atomic E-state index is 15.4. The maximum Gasteiger partial charge on any atom is 0.352 e. The van der Waals surface area contributed by atoms with Crippen molar-refractivity contribution < 1.29 is 32.6 Å². The van der Waals surface area contributed by atoms with Gasteiger partial charge in [-0.3, -0.25) is 4.57 Å². The zero-order valence-electron chi connectivity index (χ0n) is 17.3. The molecule has 2 aromatic carbocycles. The number of nitrogen functional groups attached to an aromatic ring is 1. The molecule has 34 heavy (non-hydrogen) atoms. The number of aromatic nitrogens is 2. The van der Waals surface area contributed by atoms with Gasteiger partial charge in [-0.2, -0.15) is 13.8 Å². The van der Waals surface area contributed by atoms with Gasteiger partial charge in [-0.05, 0) is 30.3 Å². The first kappa shape index (κ1) is 22.6. The summed E-state index contributed by atoms with van der Waals surface area (Å²) >= 11 is 0. The number of nitrogens with zero attached hydrogens (tertiary/aromatic N) is 2. The van der Waals surface area contributed by atoms with E-state index < -0.39 is 41.6 Å². The van der Waals surface area contributed by atoms with Crippen molar-refractivity contribution in [1.29, 1.82) is 0 Å². The van der Waals surface area contributed by atoms with Crippen LogP contribution in [0.15, 0.2) is 89.7 Å². The van der Waals surface area contributed by atoms with Gasteiger partial charge in [-0.25, -0.2) is 14.4 Å². The average Bonchev–Trinajstić information content (AvgIpc) is 3.08. The number of halogens is 2. The van der Waals surface area contributed by atoms with Crippen LogP contribution in [0.1, 0.15) is 26.9 Å². The van der Waals surface area contributed by atoms with E-state index in [1.165, 1.54) is 36.4 Å². The average molecular weight is 469 g/mol. The highest BCUT2D eigenvalue weighted by molar-refractivity contribution is 5.90. The molecular formula is C23H17F2N3O6. The minimum atomic E-state index is -3.95. The molecule has 1 saturated heterocycles. The Balaban J connectivity index is 1.68. The van der Waals surface area contributed by atoms with Gasteiger partial charge in [0.25, 0.3) is 0 Å². The molecule has 9 nitrogen and oxygen atoms in total. The molecule has 0 aliphatic carbocycles. The largest absolute Gasteiger partial charge is 0.460 e. The lowest BCUT2D eigenvalue weighted by Crippen LogP contribution is -2.42. The topological polar surface area (TPSA) is 123 Å². The Kier molecular flexibility index (Phi) is 6.09. The highest BCUT2D eigenvalue weighted by Crippen LogP contribution is 2.46. The van der Waals surface area contributed by atoms with E-state index in [0.717, 1.165) is 12.3 Å². The highest BCUT2D eigenvalue weighted by Gasteiger charge is 2.61. The molecule has 3 aromatic rings. The summed E-state index contributed by atoms with van der Waals surface area (Å²) in [7, 11) is 0. The van der Waals surface area contributed by atoms with Crippen LogP contribution in [0.2, 0.25) is 0 Å². The number of benzene rings is 2. The van der Waals surface area contributed by atoms with E-state index in [9.17, 15) is 14.4 Å². The number of esters is 2. The second-order valence-corrected chi connectivity index (χ2v) is 7.13. The first-order valence-corrected chi connectivity index (χ1v) is 9.88. The quantitative estimate of drug-likeness (QED) is 0.447. The number of alkyl halides is 2. The number of ether oxygens (including phenoxy) is 3. The van der Waals surface area contributed by atoms with Crippen molar-refractivity contribution in [2.45, 2.75) is 18.3 Å². The zero-order chi connectivity index (χ0) is 24.3. The van der Waals surface area contributed by atoms with Crippen molar-refractivity contribution in [2.24, 2.45) is 0 Å². The fraction of sp³-hybridized carbons (Fsp3) is 0.130. The predicted octanol–water partition coefficient (Wildman–Crippen LogP) is 2.91. The van der Waals surface area contributed by atoms with Crippen LogP contribution in [0.5, 0.6) is 0 Å². The second-order valence-electron chi connectivity index (χ2n) is 7.13. The van der Waals surface area contributed by atoms with E-state index >= 15 is 8.78 Å². The van der Waals surface area contributed by atoms with Crippen LogP contribution in [0.3, 0.4) is 0 Å². The van der Waals surface area contributed by atoms with Gasteiger partial charge in [0.2, 0.25) is 12.3 Å². The summed E-state index contributed by atoms with van der Waals surface area (Å²) in [5, 5.41) is 0. The number of carbonyl (C=O) groups excluding carboxylic acids is 2. The van der Waals surface area contributed by atoms with Crippen LogP contribution in [0.4, 0.5) is 14.6 Å². The van der Waals surface area contributed by atoms with Gasteiger partial charge in [-0.15, -0.1) is 0 Å². The Bertz CT molecular complexity index is 1290. The molecule has 1 aromatic heterocycles. The minimum absolute atomic E-state index is 0.00805. The molecule has 2 atom stereocenters. The number of anilines is 1. The molecule has 1 aliphatic rings. The lowest BCUT2D eigenvalue weighted by Gasteiger charge is -2.22. The fourth-order valence-electron chi connectivity index (χ4n) is 3.16. The van der Waals surface area contributed by atoms with E-state index in [-0.39, 0.29) is 16.9 Å². The molecule has 0 spiro atoms. The van der Waals surface area contributed by atoms with Crippen molar-refractivity contribution in [2.75, 3.05) is 5.73 Å². The molecule has 0 bridgehead atoms. The summed E-state index contributed by atoms with van der Waals surface area (Å²) in [6.07, 6.45) is -2.96. The first-order chi connectivity index (χ1) is 16.3. The number of nitrogens with two attached hydrogens (primary N) is 1. The van der Waals surface area contributed by atoms with Crippen molar-refractivity contribution in [3.8, 4) is 0 Å². The Morgan fingerprint density at radius 3 is 2.18 bits per heavy atom. The minimum Gasteiger partial charge on any atom is -0.460 e. The fourth-order valence-corrected chi connectivity index (χ4v) is 3.16. The summed E-state index contributed by atoms with van der Waals surface area (Å²) in [6.45, 7) is 0. The Hall–Kier alpha value is -4.54. The second kappa shape index (κ2) is 9.14. The number of hydrogen-bond donors (Lipinski definition) is 1. The maximum atomic E-state index is 15.4. The van der Waals surface area contributed by atoms with E-state index in [1.54, 1.807) is 24.3 Å². The van der Waals surface area contributed by atoms with Crippen molar-refractivity contribution in [1.82, 2.24) is 9.55 Å². The standard InChI is InChI=1S/C23H17F2N3O6/c24-23(25)18(34-20(30)15-9-5-2-6-10-15)16(13-32-19(29)14-7-3-1-4-8-14)33-21(23)28-12-11-17(26)27-22(28)31/h1-13,18,21H,(H2,26,27,31)/b16-13+/t18-,21-/m1/s1. The van der Waals surface area contributed by atoms with Gasteiger partial charge in [0, 0.05) is 6.20 Å². The van der Waals surface area contributed by atoms with E-state index in [1.807, 2.05) is 0 Å². The third-order valence-corrected chi connectivity index (χ3v) is 4.82. The molecule has 0 unspecified atom stereocenters. The molecule has 0 amide bonds. The van der Waals surface area contributed by atoms with Gasteiger partial charge in [0.15, 0.2) is 5.76 Å². The Morgan fingerprint density at radius 2 is 1.59 bits per heavy atom. The molecule has 11 heteroatoms. The van der Waals surface area contributed by atoms with E-state index in [4.69, 9.17) is 19.9 Å². The van der Waals surface area contributed by atoms with Gasteiger partial charge in [-0.1, -0.05) is 36.4 Å². The number of carbonyl (C=O) groups is 2. The summed E-state index contributed by atoms with van der Waals surface area (Å²) in [4.78, 5) is 40.3. The van der Waals surface area contributed by atoms with Crippen LogP contribution in [-0.2, 0) is 14.2 Å².